The van der Waals surface area contributed by atoms with E-state index in [1.165, 1.54) is 44.1 Å². The molecule has 1 aromatic heterocycles. The lowest BCUT2D eigenvalue weighted by atomic mass is 9.94. The molecule has 2 amide bonds. The number of benzene rings is 1. The second-order valence-corrected chi connectivity index (χ2v) is 8.68. The number of nitrogens with one attached hydrogen (secondary N) is 1. The third-order valence-electron chi connectivity index (χ3n) is 5.74. The predicted molar refractivity (Wildman–Crippen MR) is 126 cm³/mol. The van der Waals surface area contributed by atoms with E-state index in [0.29, 0.717) is 22.9 Å². The maximum absolute atomic E-state index is 13.0. The summed E-state index contributed by atoms with van der Waals surface area (Å²) in [5, 5.41) is 4.52. The fraction of sp³-hybridized carbons (Fsp3) is 0.458. The average Bonchev–Trinajstić information content (AvgIpc) is 3.38. The van der Waals surface area contributed by atoms with Gasteiger partial charge in [-0.15, -0.1) is 11.3 Å². The first-order chi connectivity index (χ1) is 16.0. The smallest absolute Gasteiger partial charge is 0.340 e. The number of hydrogen-bond acceptors (Lipinski definition) is 7. The number of likely N-dealkylation sites (N-methyl/N-ethyl adjacent to an activating group) is 1. The highest BCUT2D eigenvalue weighted by molar-refractivity contribution is 7.12. The van der Waals surface area contributed by atoms with Crippen LogP contribution in [0, 0.1) is 0 Å². The minimum absolute atomic E-state index is 0.0751. The number of thiophene rings is 1. The molecule has 9 heteroatoms. The Morgan fingerprint density at radius 2 is 1.79 bits per heavy atom. The number of nitrogens with zero attached hydrogens (tertiary/aromatic N) is 1. The molecule has 1 heterocycles. The van der Waals surface area contributed by atoms with Crippen LogP contribution in [0.15, 0.2) is 29.6 Å². The van der Waals surface area contributed by atoms with E-state index in [2.05, 4.69) is 5.32 Å². The number of rotatable bonds is 9. The first-order valence-electron chi connectivity index (χ1n) is 11.1. The fourth-order valence-electron chi connectivity index (χ4n) is 4.06. The molecule has 3 rings (SSSR count). The van der Waals surface area contributed by atoms with Gasteiger partial charge in [0.05, 0.1) is 30.3 Å². The van der Waals surface area contributed by atoms with Crippen LogP contribution in [0.5, 0.6) is 11.5 Å². The van der Waals surface area contributed by atoms with Crippen molar-refractivity contribution in [2.75, 3.05) is 32.7 Å². The molecule has 0 bridgehead atoms. The minimum atomic E-state index is -0.731. The minimum Gasteiger partial charge on any atom is -0.493 e. The van der Waals surface area contributed by atoms with Gasteiger partial charge in [0.2, 0.25) is 0 Å². The summed E-state index contributed by atoms with van der Waals surface area (Å²) in [4.78, 5) is 40.6. The van der Waals surface area contributed by atoms with Crippen LogP contribution in [0.3, 0.4) is 0 Å². The summed E-state index contributed by atoms with van der Waals surface area (Å²) in [7, 11) is 2.91. The standard InChI is InChI=1S/C24H30N2O6S/c1-4-26(16-9-6-5-7-10-16)22(27)15-32-24(29)17-13-19(30-2)20(31-3)14-18(17)25-23(28)21-11-8-12-33-21/h8,11-14,16H,4-7,9-10,15H2,1-3H3,(H,25,28). The number of esters is 1. The van der Waals surface area contributed by atoms with Gasteiger partial charge in [0, 0.05) is 24.7 Å². The third kappa shape index (κ3) is 6.04. The largest absolute Gasteiger partial charge is 0.493 e. The summed E-state index contributed by atoms with van der Waals surface area (Å²) in [5.41, 5.74) is 0.286. The summed E-state index contributed by atoms with van der Waals surface area (Å²) in [6, 6.07) is 6.58. The lowest BCUT2D eigenvalue weighted by molar-refractivity contribution is -0.137. The van der Waals surface area contributed by atoms with Gasteiger partial charge in [0.25, 0.3) is 11.8 Å². The first-order valence-corrected chi connectivity index (χ1v) is 11.9. The topological polar surface area (TPSA) is 94.2 Å². The Labute approximate surface area is 197 Å². The highest BCUT2D eigenvalue weighted by Gasteiger charge is 2.26. The van der Waals surface area contributed by atoms with E-state index in [9.17, 15) is 14.4 Å². The van der Waals surface area contributed by atoms with Gasteiger partial charge >= 0.3 is 5.97 Å². The van der Waals surface area contributed by atoms with Crippen molar-refractivity contribution in [2.45, 2.75) is 45.1 Å². The van der Waals surface area contributed by atoms with Gasteiger partial charge in [-0.3, -0.25) is 9.59 Å². The number of methoxy groups -OCH3 is 2. The van der Waals surface area contributed by atoms with Crippen molar-refractivity contribution in [1.29, 1.82) is 0 Å². The Bertz CT molecular complexity index is 970. The van der Waals surface area contributed by atoms with Crippen LogP contribution < -0.4 is 14.8 Å². The lowest BCUT2D eigenvalue weighted by Crippen LogP contribution is -2.43. The lowest BCUT2D eigenvalue weighted by Gasteiger charge is -2.33. The molecule has 2 aromatic rings. The molecule has 0 radical (unpaired) electrons. The number of amides is 2. The van der Waals surface area contributed by atoms with Crippen molar-refractivity contribution >= 4 is 34.8 Å². The molecular formula is C24H30N2O6S. The zero-order valence-corrected chi connectivity index (χ0v) is 20.0. The second-order valence-electron chi connectivity index (χ2n) is 7.73. The Balaban J connectivity index is 1.77. The quantitative estimate of drug-likeness (QED) is 0.543. The zero-order valence-electron chi connectivity index (χ0n) is 19.2. The highest BCUT2D eigenvalue weighted by atomic mass is 32.1. The average molecular weight is 475 g/mol. The molecule has 0 saturated heterocycles. The fourth-order valence-corrected chi connectivity index (χ4v) is 4.68. The Kier molecular flexibility index (Phi) is 8.71. The normalized spacial score (nSPS) is 13.8. The van der Waals surface area contributed by atoms with Gasteiger partial charge in [-0.1, -0.05) is 25.3 Å². The maximum Gasteiger partial charge on any atom is 0.340 e. The van der Waals surface area contributed by atoms with E-state index in [-0.39, 0.29) is 35.7 Å². The number of carbonyl (C=O) groups excluding carboxylic acids is 3. The number of ether oxygens (including phenoxy) is 3. The Morgan fingerprint density at radius 1 is 1.09 bits per heavy atom. The van der Waals surface area contributed by atoms with Crippen LogP contribution in [0.25, 0.3) is 0 Å². The van der Waals surface area contributed by atoms with Gasteiger partial charge < -0.3 is 24.4 Å². The summed E-state index contributed by atoms with van der Waals surface area (Å²) < 4.78 is 16.0. The molecule has 33 heavy (non-hydrogen) atoms. The van der Waals surface area contributed by atoms with Crippen LogP contribution in [-0.4, -0.2) is 56.1 Å². The molecule has 1 N–H and O–H groups in total. The molecule has 1 saturated carbocycles. The maximum atomic E-state index is 13.0. The van der Waals surface area contributed by atoms with E-state index in [0.717, 1.165) is 25.7 Å². The molecule has 1 aromatic carbocycles. The van der Waals surface area contributed by atoms with Crippen molar-refractivity contribution in [1.82, 2.24) is 4.90 Å². The van der Waals surface area contributed by atoms with E-state index in [4.69, 9.17) is 14.2 Å². The van der Waals surface area contributed by atoms with Crippen LogP contribution in [-0.2, 0) is 9.53 Å². The number of hydrogen-bond donors (Lipinski definition) is 1. The van der Waals surface area contributed by atoms with Crippen LogP contribution in [0.4, 0.5) is 5.69 Å². The zero-order chi connectivity index (χ0) is 23.8. The monoisotopic (exact) mass is 474 g/mol. The summed E-state index contributed by atoms with van der Waals surface area (Å²) in [6.45, 7) is 2.14. The molecule has 0 atom stereocenters. The summed E-state index contributed by atoms with van der Waals surface area (Å²) in [5.74, 6) is -0.659. The van der Waals surface area contributed by atoms with Crippen molar-refractivity contribution in [3.63, 3.8) is 0 Å². The van der Waals surface area contributed by atoms with Gasteiger partial charge in [-0.2, -0.15) is 0 Å². The molecule has 178 valence electrons. The van der Waals surface area contributed by atoms with Crippen molar-refractivity contribution in [2.24, 2.45) is 0 Å². The van der Waals surface area contributed by atoms with Gasteiger partial charge in [0.15, 0.2) is 18.1 Å². The van der Waals surface area contributed by atoms with Gasteiger partial charge in [-0.25, -0.2) is 4.79 Å². The van der Waals surface area contributed by atoms with Gasteiger partial charge in [-0.05, 0) is 31.2 Å². The molecule has 0 aliphatic heterocycles. The van der Waals surface area contributed by atoms with Crippen molar-refractivity contribution in [3.8, 4) is 11.5 Å². The van der Waals surface area contributed by atoms with Crippen LogP contribution >= 0.6 is 11.3 Å². The second kappa shape index (κ2) is 11.7. The van der Waals surface area contributed by atoms with E-state index >= 15 is 0 Å². The van der Waals surface area contributed by atoms with Crippen LogP contribution in [0.2, 0.25) is 0 Å². The third-order valence-corrected chi connectivity index (χ3v) is 6.61. The van der Waals surface area contributed by atoms with Crippen LogP contribution in [0.1, 0.15) is 59.1 Å². The Hall–Kier alpha value is -3.07. The van der Waals surface area contributed by atoms with Crippen molar-refractivity contribution < 1.29 is 28.6 Å². The summed E-state index contributed by atoms with van der Waals surface area (Å²) in [6.07, 6.45) is 5.35. The van der Waals surface area contributed by atoms with Crippen molar-refractivity contribution in [3.05, 3.63) is 40.1 Å². The molecular weight excluding hydrogens is 444 g/mol. The molecule has 1 aliphatic rings. The number of carbonyl (C=O) groups is 3. The first kappa shape index (κ1) is 24.6. The molecule has 1 fully saturated rings. The van der Waals surface area contributed by atoms with E-state index in [1.807, 2.05) is 6.92 Å². The SMILES string of the molecule is CCN(C(=O)COC(=O)c1cc(OC)c(OC)cc1NC(=O)c1cccs1)C1CCCCC1. The summed E-state index contributed by atoms with van der Waals surface area (Å²) >= 11 is 1.28. The molecule has 1 aliphatic carbocycles. The molecule has 0 unspecified atom stereocenters. The van der Waals surface area contributed by atoms with E-state index in [1.54, 1.807) is 22.4 Å². The predicted octanol–water partition coefficient (Wildman–Crippen LogP) is 4.36. The Morgan fingerprint density at radius 3 is 2.39 bits per heavy atom. The number of anilines is 1. The van der Waals surface area contributed by atoms with Gasteiger partial charge in [0.1, 0.15) is 0 Å². The van der Waals surface area contributed by atoms with E-state index < -0.39 is 5.97 Å². The highest BCUT2D eigenvalue weighted by Crippen LogP contribution is 2.34. The molecule has 8 nitrogen and oxygen atoms in total. The molecule has 0 spiro atoms.